The number of nitrogens with zero attached hydrogens (tertiary/aromatic N) is 1. The zero-order valence-corrected chi connectivity index (χ0v) is 13.2. The number of ether oxygens (including phenoxy) is 1. The standard InChI is InChI=1S/C20H21NO2/c1-2-13-23-15-16-9-11-21(12-10-16)20(22)19-8-7-17-5-3-4-6-18(17)14-19/h1,3-8,14,16H,9-13,15H2. The van der Waals surface area contributed by atoms with Gasteiger partial charge in [-0.25, -0.2) is 0 Å². The summed E-state index contributed by atoms with van der Waals surface area (Å²) in [5, 5.41) is 2.27. The van der Waals surface area contributed by atoms with E-state index in [2.05, 4.69) is 12.0 Å². The maximum Gasteiger partial charge on any atom is 0.253 e. The van der Waals surface area contributed by atoms with Crippen LogP contribution < -0.4 is 0 Å². The van der Waals surface area contributed by atoms with E-state index in [1.54, 1.807) is 0 Å². The van der Waals surface area contributed by atoms with Gasteiger partial charge in [0, 0.05) is 18.7 Å². The van der Waals surface area contributed by atoms with Crippen molar-refractivity contribution in [3.63, 3.8) is 0 Å². The molecule has 1 aliphatic heterocycles. The van der Waals surface area contributed by atoms with Crippen molar-refractivity contribution >= 4 is 16.7 Å². The molecule has 1 saturated heterocycles. The molecule has 3 heteroatoms. The van der Waals surface area contributed by atoms with Crippen molar-refractivity contribution < 1.29 is 9.53 Å². The van der Waals surface area contributed by atoms with Gasteiger partial charge in [0.25, 0.3) is 5.91 Å². The van der Waals surface area contributed by atoms with E-state index in [1.807, 2.05) is 41.3 Å². The topological polar surface area (TPSA) is 29.5 Å². The summed E-state index contributed by atoms with van der Waals surface area (Å²) >= 11 is 0. The zero-order chi connectivity index (χ0) is 16.1. The van der Waals surface area contributed by atoms with Crippen molar-refractivity contribution in [2.75, 3.05) is 26.3 Å². The maximum absolute atomic E-state index is 12.7. The summed E-state index contributed by atoms with van der Waals surface area (Å²) < 4.78 is 5.41. The van der Waals surface area contributed by atoms with E-state index in [4.69, 9.17) is 11.2 Å². The second kappa shape index (κ2) is 7.30. The summed E-state index contributed by atoms with van der Waals surface area (Å²) in [6, 6.07) is 14.0. The second-order valence-electron chi connectivity index (χ2n) is 6.02. The predicted octanol–water partition coefficient (Wildman–Crippen LogP) is 3.34. The molecule has 0 N–H and O–H groups in total. The van der Waals surface area contributed by atoms with Crippen molar-refractivity contribution in [3.8, 4) is 12.3 Å². The Hall–Kier alpha value is -2.31. The van der Waals surface area contributed by atoms with Crippen LogP contribution in [-0.4, -0.2) is 37.1 Å². The molecule has 0 radical (unpaired) electrons. The molecule has 0 spiro atoms. The first-order chi connectivity index (χ1) is 11.3. The Morgan fingerprint density at radius 2 is 1.91 bits per heavy atom. The lowest BCUT2D eigenvalue weighted by molar-refractivity contribution is 0.0582. The molecule has 1 heterocycles. The molecule has 118 valence electrons. The quantitative estimate of drug-likeness (QED) is 0.640. The SMILES string of the molecule is C#CCOCC1CCN(C(=O)c2ccc3ccccc3c2)CC1. The minimum absolute atomic E-state index is 0.124. The monoisotopic (exact) mass is 307 g/mol. The number of hydrogen-bond donors (Lipinski definition) is 0. The van der Waals surface area contributed by atoms with E-state index >= 15 is 0 Å². The Balaban J connectivity index is 1.61. The van der Waals surface area contributed by atoms with Crippen molar-refractivity contribution in [1.82, 2.24) is 4.90 Å². The third kappa shape index (κ3) is 3.72. The van der Waals surface area contributed by atoms with Crippen LogP contribution >= 0.6 is 0 Å². The molecule has 0 unspecified atom stereocenters. The van der Waals surface area contributed by atoms with Gasteiger partial charge in [-0.1, -0.05) is 36.3 Å². The Morgan fingerprint density at radius 1 is 1.17 bits per heavy atom. The molecule has 2 aromatic rings. The summed E-state index contributed by atoms with van der Waals surface area (Å²) in [5.74, 6) is 3.11. The number of piperidine rings is 1. The summed E-state index contributed by atoms with van der Waals surface area (Å²) in [5.41, 5.74) is 0.769. The molecule has 1 aliphatic rings. The number of carbonyl (C=O) groups excluding carboxylic acids is 1. The van der Waals surface area contributed by atoms with Gasteiger partial charge in [-0.05, 0) is 41.7 Å². The van der Waals surface area contributed by atoms with Crippen LogP contribution in [0.1, 0.15) is 23.2 Å². The fourth-order valence-corrected chi connectivity index (χ4v) is 3.09. The number of terminal acetylenes is 1. The molecular weight excluding hydrogens is 286 g/mol. The molecule has 1 amide bonds. The average molecular weight is 307 g/mol. The summed E-state index contributed by atoms with van der Waals surface area (Å²) in [7, 11) is 0. The minimum atomic E-state index is 0.124. The van der Waals surface area contributed by atoms with E-state index in [0.717, 1.165) is 42.3 Å². The van der Waals surface area contributed by atoms with Crippen LogP contribution in [0.25, 0.3) is 10.8 Å². The van der Waals surface area contributed by atoms with Gasteiger partial charge in [-0.15, -0.1) is 6.42 Å². The summed E-state index contributed by atoms with van der Waals surface area (Å²) in [6.07, 6.45) is 7.13. The molecule has 0 aromatic heterocycles. The van der Waals surface area contributed by atoms with E-state index in [0.29, 0.717) is 19.1 Å². The molecule has 3 nitrogen and oxygen atoms in total. The highest BCUT2D eigenvalue weighted by atomic mass is 16.5. The molecule has 0 bridgehead atoms. The highest BCUT2D eigenvalue weighted by molar-refractivity contribution is 5.98. The number of fused-ring (bicyclic) bond motifs is 1. The van der Waals surface area contributed by atoms with Crippen LogP contribution in [0.3, 0.4) is 0 Å². The lowest BCUT2D eigenvalue weighted by atomic mass is 9.97. The first-order valence-corrected chi connectivity index (χ1v) is 8.07. The fourth-order valence-electron chi connectivity index (χ4n) is 3.09. The third-order valence-corrected chi connectivity index (χ3v) is 4.44. The van der Waals surface area contributed by atoms with Crippen molar-refractivity contribution in [2.45, 2.75) is 12.8 Å². The minimum Gasteiger partial charge on any atom is -0.369 e. The second-order valence-corrected chi connectivity index (χ2v) is 6.02. The lowest BCUT2D eigenvalue weighted by Gasteiger charge is -2.31. The molecule has 2 aromatic carbocycles. The van der Waals surface area contributed by atoms with E-state index in [-0.39, 0.29) is 5.91 Å². The molecule has 1 fully saturated rings. The first kappa shape index (κ1) is 15.6. The maximum atomic E-state index is 12.7. The Kier molecular flexibility index (Phi) is 4.95. The molecule has 0 aliphatic carbocycles. The molecule has 0 atom stereocenters. The van der Waals surface area contributed by atoms with E-state index < -0.39 is 0 Å². The van der Waals surface area contributed by atoms with Gasteiger partial charge >= 0.3 is 0 Å². The van der Waals surface area contributed by atoms with Crippen LogP contribution in [0.5, 0.6) is 0 Å². The summed E-state index contributed by atoms with van der Waals surface area (Å²) in [6.45, 7) is 2.64. The third-order valence-electron chi connectivity index (χ3n) is 4.44. The Bertz CT molecular complexity index is 724. The van der Waals surface area contributed by atoms with Gasteiger partial charge in [0.05, 0.1) is 6.61 Å². The number of hydrogen-bond acceptors (Lipinski definition) is 2. The largest absolute Gasteiger partial charge is 0.369 e. The van der Waals surface area contributed by atoms with Crippen LogP contribution in [0.15, 0.2) is 42.5 Å². The van der Waals surface area contributed by atoms with Gasteiger partial charge in [0.15, 0.2) is 0 Å². The first-order valence-electron chi connectivity index (χ1n) is 8.07. The summed E-state index contributed by atoms with van der Waals surface area (Å²) in [4.78, 5) is 14.6. The van der Waals surface area contributed by atoms with Crippen LogP contribution in [0.4, 0.5) is 0 Å². The van der Waals surface area contributed by atoms with Gasteiger partial charge < -0.3 is 9.64 Å². The van der Waals surface area contributed by atoms with Crippen LogP contribution in [0, 0.1) is 18.3 Å². The van der Waals surface area contributed by atoms with Gasteiger partial charge in [0.1, 0.15) is 6.61 Å². The van der Waals surface area contributed by atoms with Gasteiger partial charge in [-0.3, -0.25) is 4.79 Å². The van der Waals surface area contributed by atoms with E-state index in [1.165, 1.54) is 0 Å². The van der Waals surface area contributed by atoms with Crippen LogP contribution in [0.2, 0.25) is 0 Å². The molecular formula is C20H21NO2. The smallest absolute Gasteiger partial charge is 0.253 e. The van der Waals surface area contributed by atoms with Gasteiger partial charge in [0.2, 0.25) is 0 Å². The zero-order valence-electron chi connectivity index (χ0n) is 13.2. The number of amides is 1. The molecule has 23 heavy (non-hydrogen) atoms. The van der Waals surface area contributed by atoms with Crippen LogP contribution in [-0.2, 0) is 4.74 Å². The van der Waals surface area contributed by atoms with Crippen molar-refractivity contribution in [3.05, 3.63) is 48.0 Å². The number of benzene rings is 2. The Labute approximate surface area is 137 Å². The average Bonchev–Trinajstić information content (AvgIpc) is 2.61. The molecule has 0 saturated carbocycles. The number of likely N-dealkylation sites (tertiary alicyclic amines) is 1. The number of carbonyl (C=O) groups is 1. The van der Waals surface area contributed by atoms with Crippen molar-refractivity contribution in [2.24, 2.45) is 5.92 Å². The fraction of sp³-hybridized carbons (Fsp3) is 0.350. The number of rotatable bonds is 4. The highest BCUT2D eigenvalue weighted by Crippen LogP contribution is 2.21. The van der Waals surface area contributed by atoms with Crippen molar-refractivity contribution in [1.29, 1.82) is 0 Å². The van der Waals surface area contributed by atoms with Gasteiger partial charge in [-0.2, -0.15) is 0 Å². The lowest BCUT2D eigenvalue weighted by Crippen LogP contribution is -2.39. The normalized spacial score (nSPS) is 15.5. The highest BCUT2D eigenvalue weighted by Gasteiger charge is 2.23. The Morgan fingerprint density at radius 3 is 2.65 bits per heavy atom. The molecule has 3 rings (SSSR count). The van der Waals surface area contributed by atoms with E-state index in [9.17, 15) is 4.79 Å². The predicted molar refractivity (Wildman–Crippen MR) is 92.2 cm³/mol.